The van der Waals surface area contributed by atoms with Crippen LogP contribution in [0.3, 0.4) is 0 Å². The number of amides is 1. The Morgan fingerprint density at radius 2 is 1.85 bits per heavy atom. The maximum atomic E-state index is 10.7. The van der Waals surface area contributed by atoms with Gasteiger partial charge in [0, 0.05) is 13.0 Å². The quantitative estimate of drug-likeness (QED) is 0.659. The summed E-state index contributed by atoms with van der Waals surface area (Å²) in [5.74, 6) is 0.905. The minimum atomic E-state index is 0.161. The van der Waals surface area contributed by atoms with Crippen LogP contribution in [-0.2, 0) is 4.79 Å². The number of rotatable bonds is 5. The zero-order valence-electron chi connectivity index (χ0n) is 9.81. The third-order valence-electron chi connectivity index (χ3n) is 1.60. The summed E-state index contributed by atoms with van der Waals surface area (Å²) in [5.41, 5.74) is 0. The van der Waals surface area contributed by atoms with E-state index in [0.29, 0.717) is 6.42 Å². The molecule has 0 unspecified atom stereocenters. The SMILES string of the molecule is CC.CCC(=O)NCCCC(C)C. The summed E-state index contributed by atoms with van der Waals surface area (Å²) in [7, 11) is 0. The number of carbonyl (C=O) groups excluding carboxylic acids is 1. The Morgan fingerprint density at radius 3 is 2.23 bits per heavy atom. The molecule has 0 radical (unpaired) electrons. The Bertz CT molecular complexity index is 111. The van der Waals surface area contributed by atoms with Crippen LogP contribution in [0.1, 0.15) is 53.9 Å². The molecule has 0 saturated heterocycles. The second-order valence-electron chi connectivity index (χ2n) is 3.24. The molecule has 2 heteroatoms. The molecule has 0 rings (SSSR count). The predicted molar refractivity (Wildman–Crippen MR) is 58.7 cm³/mol. The van der Waals surface area contributed by atoms with Crippen molar-refractivity contribution in [2.24, 2.45) is 5.92 Å². The molecule has 0 aliphatic carbocycles. The lowest BCUT2D eigenvalue weighted by Crippen LogP contribution is -2.23. The van der Waals surface area contributed by atoms with Gasteiger partial charge in [-0.15, -0.1) is 0 Å². The molecule has 0 aromatic heterocycles. The molecule has 2 nitrogen and oxygen atoms in total. The van der Waals surface area contributed by atoms with Crippen molar-refractivity contribution in [2.75, 3.05) is 6.54 Å². The summed E-state index contributed by atoms with van der Waals surface area (Å²) in [6.45, 7) is 11.1. The zero-order valence-corrected chi connectivity index (χ0v) is 9.81. The first-order chi connectivity index (χ1) is 6.16. The molecule has 1 N–H and O–H groups in total. The molecule has 0 aliphatic rings. The molecule has 0 spiro atoms. The normalized spacial score (nSPS) is 9.08. The Hall–Kier alpha value is -0.530. The van der Waals surface area contributed by atoms with Crippen LogP contribution in [0, 0.1) is 5.92 Å². The van der Waals surface area contributed by atoms with Crippen molar-refractivity contribution in [3.8, 4) is 0 Å². The van der Waals surface area contributed by atoms with Gasteiger partial charge in [0.05, 0.1) is 0 Å². The number of hydrogen-bond donors (Lipinski definition) is 1. The van der Waals surface area contributed by atoms with Crippen LogP contribution >= 0.6 is 0 Å². The van der Waals surface area contributed by atoms with Crippen molar-refractivity contribution in [1.29, 1.82) is 0 Å². The van der Waals surface area contributed by atoms with E-state index in [1.54, 1.807) is 0 Å². The average Bonchev–Trinajstić information content (AvgIpc) is 2.15. The van der Waals surface area contributed by atoms with Gasteiger partial charge >= 0.3 is 0 Å². The van der Waals surface area contributed by atoms with Gasteiger partial charge in [-0.1, -0.05) is 34.6 Å². The summed E-state index contributed by atoms with van der Waals surface area (Å²) in [4.78, 5) is 10.7. The number of carbonyl (C=O) groups is 1. The van der Waals surface area contributed by atoms with Gasteiger partial charge < -0.3 is 5.32 Å². The van der Waals surface area contributed by atoms with Crippen molar-refractivity contribution in [1.82, 2.24) is 5.32 Å². The third-order valence-corrected chi connectivity index (χ3v) is 1.60. The van der Waals surface area contributed by atoms with Crippen LogP contribution < -0.4 is 5.32 Å². The van der Waals surface area contributed by atoms with Gasteiger partial charge in [-0.05, 0) is 18.8 Å². The van der Waals surface area contributed by atoms with Crippen molar-refractivity contribution < 1.29 is 4.79 Å². The highest BCUT2D eigenvalue weighted by Gasteiger charge is 1.96. The molecule has 0 bridgehead atoms. The first-order valence-corrected chi connectivity index (χ1v) is 5.43. The van der Waals surface area contributed by atoms with Crippen LogP contribution in [0.15, 0.2) is 0 Å². The molecule has 0 fully saturated rings. The third kappa shape index (κ3) is 14.3. The molecule has 0 heterocycles. The van der Waals surface area contributed by atoms with Crippen LogP contribution in [-0.4, -0.2) is 12.5 Å². The fourth-order valence-corrected chi connectivity index (χ4v) is 0.863. The molecule has 80 valence electrons. The highest BCUT2D eigenvalue weighted by Crippen LogP contribution is 2.01. The van der Waals surface area contributed by atoms with Gasteiger partial charge in [0.1, 0.15) is 0 Å². The van der Waals surface area contributed by atoms with E-state index in [2.05, 4.69) is 19.2 Å². The van der Waals surface area contributed by atoms with E-state index in [-0.39, 0.29) is 5.91 Å². The Labute approximate surface area is 83.1 Å². The summed E-state index contributed by atoms with van der Waals surface area (Å²) in [5, 5.41) is 2.85. The molecular formula is C11H25NO. The standard InChI is InChI=1S/C9H19NO.C2H6/c1-4-9(11)10-7-5-6-8(2)3;1-2/h8H,4-7H2,1-3H3,(H,10,11);1-2H3. The lowest BCUT2D eigenvalue weighted by Gasteiger charge is -2.04. The minimum Gasteiger partial charge on any atom is -0.356 e. The lowest BCUT2D eigenvalue weighted by atomic mass is 10.1. The monoisotopic (exact) mass is 187 g/mol. The second-order valence-corrected chi connectivity index (χ2v) is 3.24. The maximum Gasteiger partial charge on any atom is 0.219 e. The molecule has 0 atom stereocenters. The second kappa shape index (κ2) is 11.5. The molecule has 1 amide bonds. The van der Waals surface area contributed by atoms with Crippen molar-refractivity contribution in [3.05, 3.63) is 0 Å². The Kier molecular flexibility index (Phi) is 13.2. The van der Waals surface area contributed by atoms with Crippen molar-refractivity contribution in [3.63, 3.8) is 0 Å². The van der Waals surface area contributed by atoms with E-state index in [1.807, 2.05) is 20.8 Å². The van der Waals surface area contributed by atoms with E-state index >= 15 is 0 Å². The Balaban J connectivity index is 0. The van der Waals surface area contributed by atoms with Gasteiger partial charge in [0.15, 0.2) is 0 Å². The summed E-state index contributed by atoms with van der Waals surface area (Å²) >= 11 is 0. The predicted octanol–water partition coefficient (Wildman–Crippen LogP) is 2.98. The zero-order chi connectivity index (χ0) is 10.7. The minimum absolute atomic E-state index is 0.161. The lowest BCUT2D eigenvalue weighted by molar-refractivity contribution is -0.120. The van der Waals surface area contributed by atoms with Gasteiger partial charge in [0.2, 0.25) is 5.91 Å². The topological polar surface area (TPSA) is 29.1 Å². The molecule has 0 aliphatic heterocycles. The molecule has 0 aromatic carbocycles. The van der Waals surface area contributed by atoms with E-state index in [4.69, 9.17) is 0 Å². The highest BCUT2D eigenvalue weighted by molar-refractivity contribution is 5.75. The summed E-state index contributed by atoms with van der Waals surface area (Å²) < 4.78 is 0. The largest absolute Gasteiger partial charge is 0.356 e. The average molecular weight is 187 g/mol. The van der Waals surface area contributed by atoms with E-state index in [0.717, 1.165) is 18.9 Å². The molecule has 0 aromatic rings. The van der Waals surface area contributed by atoms with Crippen molar-refractivity contribution >= 4 is 5.91 Å². The molecule has 0 saturated carbocycles. The smallest absolute Gasteiger partial charge is 0.219 e. The first-order valence-electron chi connectivity index (χ1n) is 5.43. The van der Waals surface area contributed by atoms with E-state index < -0.39 is 0 Å². The molecular weight excluding hydrogens is 162 g/mol. The van der Waals surface area contributed by atoms with Crippen LogP contribution in [0.25, 0.3) is 0 Å². The van der Waals surface area contributed by atoms with Gasteiger partial charge in [-0.2, -0.15) is 0 Å². The fraction of sp³-hybridized carbons (Fsp3) is 0.909. The summed E-state index contributed by atoms with van der Waals surface area (Å²) in [6, 6.07) is 0. The maximum absolute atomic E-state index is 10.7. The number of nitrogens with one attached hydrogen (secondary N) is 1. The van der Waals surface area contributed by atoms with Gasteiger partial charge in [-0.3, -0.25) is 4.79 Å². The Morgan fingerprint density at radius 1 is 1.31 bits per heavy atom. The first kappa shape index (κ1) is 15.0. The fourth-order valence-electron chi connectivity index (χ4n) is 0.863. The van der Waals surface area contributed by atoms with Gasteiger partial charge in [0.25, 0.3) is 0 Å². The van der Waals surface area contributed by atoms with Crippen LogP contribution in [0.4, 0.5) is 0 Å². The molecule has 13 heavy (non-hydrogen) atoms. The highest BCUT2D eigenvalue weighted by atomic mass is 16.1. The summed E-state index contributed by atoms with van der Waals surface area (Å²) in [6.07, 6.45) is 2.90. The van der Waals surface area contributed by atoms with Crippen LogP contribution in [0.5, 0.6) is 0 Å². The van der Waals surface area contributed by atoms with Gasteiger partial charge in [-0.25, -0.2) is 0 Å². The van der Waals surface area contributed by atoms with Crippen LogP contribution in [0.2, 0.25) is 0 Å². The van der Waals surface area contributed by atoms with E-state index in [9.17, 15) is 4.79 Å². The number of hydrogen-bond acceptors (Lipinski definition) is 1. The van der Waals surface area contributed by atoms with Crippen molar-refractivity contribution in [2.45, 2.75) is 53.9 Å². The van der Waals surface area contributed by atoms with E-state index in [1.165, 1.54) is 6.42 Å².